The number of amides is 1. The van der Waals surface area contributed by atoms with E-state index < -0.39 is 5.97 Å². The molecule has 0 saturated carbocycles. The Labute approximate surface area is 141 Å². The third kappa shape index (κ3) is 4.81. The number of anilines is 2. The molecule has 126 valence electrons. The molecule has 6 nitrogen and oxygen atoms in total. The molecule has 0 aliphatic carbocycles. The second-order valence-corrected chi connectivity index (χ2v) is 5.76. The zero-order valence-electron chi connectivity index (χ0n) is 14.0. The highest BCUT2D eigenvalue weighted by molar-refractivity contribution is 5.95. The lowest BCUT2D eigenvalue weighted by molar-refractivity contribution is 0.0600. The largest absolute Gasteiger partial charge is 0.465 e. The van der Waals surface area contributed by atoms with E-state index in [1.807, 2.05) is 19.9 Å². The van der Waals surface area contributed by atoms with Crippen molar-refractivity contribution >= 4 is 23.3 Å². The van der Waals surface area contributed by atoms with Crippen molar-refractivity contribution < 1.29 is 14.3 Å². The van der Waals surface area contributed by atoms with Crippen LogP contribution in [0, 0.1) is 5.92 Å². The van der Waals surface area contributed by atoms with E-state index in [0.717, 1.165) is 0 Å². The summed E-state index contributed by atoms with van der Waals surface area (Å²) in [4.78, 5) is 27.8. The summed E-state index contributed by atoms with van der Waals surface area (Å²) >= 11 is 0. The minimum atomic E-state index is -0.404. The Kier molecular flexibility index (Phi) is 5.89. The highest BCUT2D eigenvalue weighted by Gasteiger charge is 2.09. The fraction of sp³-hybridized carbons (Fsp3) is 0.278. The molecule has 1 aromatic carbocycles. The fourth-order valence-electron chi connectivity index (χ4n) is 2.04. The van der Waals surface area contributed by atoms with Crippen LogP contribution in [0.3, 0.4) is 0 Å². The predicted octanol–water partition coefficient (Wildman–Crippen LogP) is 3.00. The van der Waals surface area contributed by atoms with Gasteiger partial charge >= 0.3 is 5.97 Å². The first kappa shape index (κ1) is 17.5. The quantitative estimate of drug-likeness (QED) is 0.797. The maximum absolute atomic E-state index is 12.1. The Hall–Kier alpha value is -2.89. The number of esters is 1. The number of hydrogen-bond donors (Lipinski definition) is 2. The molecule has 0 atom stereocenters. The maximum Gasteiger partial charge on any atom is 0.337 e. The van der Waals surface area contributed by atoms with Gasteiger partial charge in [-0.25, -0.2) is 4.79 Å². The molecule has 1 amide bonds. The van der Waals surface area contributed by atoms with Gasteiger partial charge in [0, 0.05) is 18.4 Å². The molecule has 0 radical (unpaired) electrons. The predicted molar refractivity (Wildman–Crippen MR) is 92.5 cm³/mol. The fourth-order valence-corrected chi connectivity index (χ4v) is 2.04. The molecular formula is C18H21N3O3. The van der Waals surface area contributed by atoms with E-state index in [0.29, 0.717) is 35.0 Å². The third-order valence-electron chi connectivity index (χ3n) is 3.24. The lowest BCUT2D eigenvalue weighted by Gasteiger charge is -2.10. The van der Waals surface area contributed by atoms with Crippen LogP contribution < -0.4 is 10.6 Å². The van der Waals surface area contributed by atoms with Crippen molar-refractivity contribution in [3.63, 3.8) is 0 Å². The van der Waals surface area contributed by atoms with Gasteiger partial charge in [-0.3, -0.25) is 9.78 Å². The highest BCUT2D eigenvalue weighted by atomic mass is 16.5. The van der Waals surface area contributed by atoms with Crippen molar-refractivity contribution in [1.82, 2.24) is 10.3 Å². The molecule has 0 aliphatic heterocycles. The second-order valence-electron chi connectivity index (χ2n) is 5.76. The van der Waals surface area contributed by atoms with E-state index >= 15 is 0 Å². The summed E-state index contributed by atoms with van der Waals surface area (Å²) in [7, 11) is 1.34. The number of carbonyl (C=O) groups is 2. The third-order valence-corrected chi connectivity index (χ3v) is 3.24. The SMILES string of the molecule is COC(=O)c1cccc(Nc2cncc(C(=O)NCC(C)C)c2)c1. The lowest BCUT2D eigenvalue weighted by atomic mass is 10.2. The number of aromatic nitrogens is 1. The molecule has 0 fully saturated rings. The summed E-state index contributed by atoms with van der Waals surface area (Å²) < 4.78 is 4.71. The minimum absolute atomic E-state index is 0.164. The second kappa shape index (κ2) is 8.10. The van der Waals surface area contributed by atoms with Crippen LogP contribution in [0.15, 0.2) is 42.7 Å². The molecule has 24 heavy (non-hydrogen) atoms. The van der Waals surface area contributed by atoms with E-state index in [4.69, 9.17) is 4.74 Å². The number of benzene rings is 1. The van der Waals surface area contributed by atoms with Gasteiger partial charge in [0.25, 0.3) is 5.91 Å². The Balaban J connectivity index is 2.12. The van der Waals surface area contributed by atoms with Gasteiger partial charge in [-0.2, -0.15) is 0 Å². The minimum Gasteiger partial charge on any atom is -0.465 e. The molecule has 6 heteroatoms. The standard InChI is InChI=1S/C18H21N3O3/c1-12(2)9-20-17(22)14-8-16(11-19-10-14)21-15-6-4-5-13(7-15)18(23)24-3/h4-8,10-12,21H,9H2,1-3H3,(H,20,22). The molecule has 2 aromatic rings. The van der Waals surface area contributed by atoms with Crippen LogP contribution in [0.4, 0.5) is 11.4 Å². The molecule has 0 saturated heterocycles. The van der Waals surface area contributed by atoms with Crippen LogP contribution in [0.2, 0.25) is 0 Å². The normalized spacial score (nSPS) is 10.3. The van der Waals surface area contributed by atoms with E-state index in [2.05, 4.69) is 15.6 Å². The van der Waals surface area contributed by atoms with Crippen LogP contribution in [-0.4, -0.2) is 30.5 Å². The molecule has 2 N–H and O–H groups in total. The number of methoxy groups -OCH3 is 1. The van der Waals surface area contributed by atoms with Crippen molar-refractivity contribution in [3.8, 4) is 0 Å². The molecule has 0 unspecified atom stereocenters. The Morgan fingerprint density at radius 2 is 1.88 bits per heavy atom. The number of nitrogens with zero attached hydrogens (tertiary/aromatic N) is 1. The zero-order chi connectivity index (χ0) is 17.5. The summed E-state index contributed by atoms with van der Waals surface area (Å²) in [6, 6.07) is 8.63. The van der Waals surface area contributed by atoms with Crippen LogP contribution in [0.1, 0.15) is 34.6 Å². The van der Waals surface area contributed by atoms with E-state index in [-0.39, 0.29) is 5.91 Å². The average Bonchev–Trinajstić information content (AvgIpc) is 2.59. The van der Waals surface area contributed by atoms with Gasteiger partial charge in [0.15, 0.2) is 0 Å². The average molecular weight is 327 g/mol. The van der Waals surface area contributed by atoms with Crippen molar-refractivity contribution in [2.75, 3.05) is 19.0 Å². The van der Waals surface area contributed by atoms with Crippen molar-refractivity contribution in [2.45, 2.75) is 13.8 Å². The highest BCUT2D eigenvalue weighted by Crippen LogP contribution is 2.18. The number of nitrogens with one attached hydrogen (secondary N) is 2. The molecule has 0 spiro atoms. The van der Waals surface area contributed by atoms with Gasteiger partial charge in [0.05, 0.1) is 30.1 Å². The molecule has 0 aliphatic rings. The molecule has 2 rings (SSSR count). The van der Waals surface area contributed by atoms with Crippen molar-refractivity contribution in [3.05, 3.63) is 53.9 Å². The van der Waals surface area contributed by atoms with E-state index in [1.165, 1.54) is 13.3 Å². The summed E-state index contributed by atoms with van der Waals surface area (Å²) in [5.74, 6) is -0.189. The van der Waals surface area contributed by atoms with Crippen LogP contribution >= 0.6 is 0 Å². The number of hydrogen-bond acceptors (Lipinski definition) is 5. The maximum atomic E-state index is 12.1. The summed E-state index contributed by atoms with van der Waals surface area (Å²) in [6.45, 7) is 4.67. The number of carbonyl (C=O) groups excluding carboxylic acids is 2. The summed E-state index contributed by atoms with van der Waals surface area (Å²) in [5, 5.41) is 5.99. The summed E-state index contributed by atoms with van der Waals surface area (Å²) in [6.07, 6.45) is 3.13. The van der Waals surface area contributed by atoms with Crippen LogP contribution in [-0.2, 0) is 4.74 Å². The van der Waals surface area contributed by atoms with Gasteiger partial charge in [-0.05, 0) is 30.2 Å². The molecular weight excluding hydrogens is 306 g/mol. The van der Waals surface area contributed by atoms with Gasteiger partial charge in [-0.1, -0.05) is 19.9 Å². The van der Waals surface area contributed by atoms with Gasteiger partial charge < -0.3 is 15.4 Å². The van der Waals surface area contributed by atoms with Crippen LogP contribution in [0.25, 0.3) is 0 Å². The topological polar surface area (TPSA) is 80.3 Å². The smallest absolute Gasteiger partial charge is 0.337 e. The number of ether oxygens (including phenoxy) is 1. The Bertz CT molecular complexity index is 729. The monoisotopic (exact) mass is 327 g/mol. The molecule has 1 aromatic heterocycles. The number of pyridine rings is 1. The van der Waals surface area contributed by atoms with Gasteiger partial charge in [0.1, 0.15) is 0 Å². The first-order chi connectivity index (χ1) is 11.5. The Morgan fingerprint density at radius 3 is 2.58 bits per heavy atom. The number of rotatable bonds is 6. The van der Waals surface area contributed by atoms with Crippen molar-refractivity contribution in [2.24, 2.45) is 5.92 Å². The first-order valence-corrected chi connectivity index (χ1v) is 7.68. The van der Waals surface area contributed by atoms with E-state index in [1.54, 1.807) is 30.5 Å². The van der Waals surface area contributed by atoms with Crippen molar-refractivity contribution in [1.29, 1.82) is 0 Å². The first-order valence-electron chi connectivity index (χ1n) is 7.68. The van der Waals surface area contributed by atoms with Crippen LogP contribution in [0.5, 0.6) is 0 Å². The lowest BCUT2D eigenvalue weighted by Crippen LogP contribution is -2.27. The Morgan fingerprint density at radius 1 is 1.12 bits per heavy atom. The zero-order valence-corrected chi connectivity index (χ0v) is 14.0. The summed E-state index contributed by atoms with van der Waals surface area (Å²) in [5.41, 5.74) is 2.29. The molecule has 0 bridgehead atoms. The molecule has 1 heterocycles. The van der Waals surface area contributed by atoms with E-state index in [9.17, 15) is 9.59 Å². The van der Waals surface area contributed by atoms with Gasteiger partial charge in [0.2, 0.25) is 0 Å². The van der Waals surface area contributed by atoms with Gasteiger partial charge in [-0.15, -0.1) is 0 Å².